The van der Waals surface area contributed by atoms with E-state index in [-0.39, 0.29) is 17.2 Å². The van der Waals surface area contributed by atoms with Gasteiger partial charge < -0.3 is 5.32 Å². The zero-order valence-corrected chi connectivity index (χ0v) is 14.0. The molecule has 1 aromatic carbocycles. The molecule has 10 heteroatoms. The van der Waals surface area contributed by atoms with Crippen LogP contribution in [0.25, 0.3) is 0 Å². The molecule has 23 heavy (non-hydrogen) atoms. The van der Waals surface area contributed by atoms with Crippen molar-refractivity contribution in [3.63, 3.8) is 0 Å². The number of hydrogen-bond acceptors (Lipinski definition) is 5. The number of halogens is 1. The fourth-order valence-corrected chi connectivity index (χ4v) is 4.87. The Kier molecular flexibility index (Phi) is 4.95. The number of sulfone groups is 1. The second-order valence-corrected chi connectivity index (χ2v) is 9.55. The summed E-state index contributed by atoms with van der Waals surface area (Å²) in [5, 5.41) is 2.50. The third-order valence-corrected chi connectivity index (χ3v) is 6.29. The fourth-order valence-electron chi connectivity index (χ4n) is 2.34. The molecule has 1 aromatic rings. The summed E-state index contributed by atoms with van der Waals surface area (Å²) in [5.74, 6) is -1.42. The Labute approximate surface area is 134 Å². The van der Waals surface area contributed by atoms with Gasteiger partial charge in [-0.15, -0.1) is 0 Å². The van der Waals surface area contributed by atoms with E-state index >= 15 is 0 Å². The van der Waals surface area contributed by atoms with Crippen LogP contribution in [-0.2, 0) is 24.7 Å². The smallest absolute Gasteiger partial charge is 0.241 e. The van der Waals surface area contributed by atoms with Gasteiger partial charge in [0.2, 0.25) is 15.9 Å². The highest BCUT2D eigenvalue weighted by Gasteiger charge is 2.30. The summed E-state index contributed by atoms with van der Waals surface area (Å²) in [7, 11) is -6.95. The lowest BCUT2D eigenvalue weighted by molar-refractivity contribution is -0.120. The molecule has 128 valence electrons. The van der Waals surface area contributed by atoms with Crippen LogP contribution in [0, 0.1) is 5.82 Å². The molecular weight excluding hydrogens is 347 g/mol. The third-order valence-electron chi connectivity index (χ3n) is 3.38. The lowest BCUT2D eigenvalue weighted by atomic mass is 10.2. The van der Waals surface area contributed by atoms with E-state index in [2.05, 4.69) is 5.32 Å². The van der Waals surface area contributed by atoms with Gasteiger partial charge in [0.25, 0.3) is 0 Å². The minimum Gasteiger partial charge on any atom is -0.351 e. The Balaban J connectivity index is 2.11. The zero-order chi connectivity index (χ0) is 17.3. The molecule has 0 bridgehead atoms. The number of hydrogen-bond donors (Lipinski definition) is 1. The van der Waals surface area contributed by atoms with Crippen molar-refractivity contribution < 1.29 is 26.0 Å². The van der Waals surface area contributed by atoms with Gasteiger partial charge in [-0.1, -0.05) is 6.07 Å². The first kappa shape index (κ1) is 17.7. The molecule has 1 heterocycles. The molecule has 0 radical (unpaired) electrons. The maximum absolute atomic E-state index is 13.3. The van der Waals surface area contributed by atoms with Gasteiger partial charge in [-0.25, -0.2) is 21.2 Å². The molecule has 1 fully saturated rings. The Morgan fingerprint density at radius 1 is 1.43 bits per heavy atom. The van der Waals surface area contributed by atoms with Crippen LogP contribution in [0.15, 0.2) is 24.3 Å². The van der Waals surface area contributed by atoms with Gasteiger partial charge in [0, 0.05) is 6.04 Å². The van der Waals surface area contributed by atoms with Gasteiger partial charge in [-0.3, -0.25) is 9.10 Å². The molecule has 0 spiro atoms. The molecule has 7 nitrogen and oxygen atoms in total. The van der Waals surface area contributed by atoms with Gasteiger partial charge in [-0.05, 0) is 24.6 Å². The minimum absolute atomic E-state index is 0.00235. The summed E-state index contributed by atoms with van der Waals surface area (Å²) in [4.78, 5) is 12.0. The average molecular weight is 364 g/mol. The number of carbonyl (C=O) groups is 1. The Bertz CT molecular complexity index is 807. The second kappa shape index (κ2) is 6.44. The maximum atomic E-state index is 13.3. The monoisotopic (exact) mass is 364 g/mol. The van der Waals surface area contributed by atoms with Crippen LogP contribution in [0.1, 0.15) is 6.42 Å². The topological polar surface area (TPSA) is 101 Å². The van der Waals surface area contributed by atoms with E-state index in [0.29, 0.717) is 6.42 Å². The summed E-state index contributed by atoms with van der Waals surface area (Å²) in [6.45, 7) is -0.543. The van der Waals surface area contributed by atoms with Crippen molar-refractivity contribution in [2.24, 2.45) is 0 Å². The number of anilines is 1. The van der Waals surface area contributed by atoms with E-state index in [9.17, 15) is 26.0 Å². The third kappa shape index (κ3) is 4.90. The summed E-state index contributed by atoms with van der Waals surface area (Å²) in [6.07, 6.45) is 1.21. The first-order chi connectivity index (χ1) is 10.6. The van der Waals surface area contributed by atoms with E-state index in [0.717, 1.165) is 22.7 Å². The quantitative estimate of drug-likeness (QED) is 0.786. The largest absolute Gasteiger partial charge is 0.351 e. The summed E-state index contributed by atoms with van der Waals surface area (Å²) >= 11 is 0. The summed E-state index contributed by atoms with van der Waals surface area (Å²) in [5.41, 5.74) is 0.0293. The summed E-state index contributed by atoms with van der Waals surface area (Å²) < 4.78 is 60.5. The predicted molar refractivity (Wildman–Crippen MR) is 83.8 cm³/mol. The molecule has 2 rings (SSSR count). The van der Waals surface area contributed by atoms with Crippen molar-refractivity contribution in [3.8, 4) is 0 Å². The highest BCUT2D eigenvalue weighted by molar-refractivity contribution is 7.92. The van der Waals surface area contributed by atoms with Crippen molar-refractivity contribution >= 4 is 31.5 Å². The van der Waals surface area contributed by atoms with Gasteiger partial charge >= 0.3 is 0 Å². The van der Waals surface area contributed by atoms with Gasteiger partial charge in [0.1, 0.15) is 12.4 Å². The number of nitrogens with one attached hydrogen (secondary N) is 1. The van der Waals surface area contributed by atoms with Crippen molar-refractivity contribution in [3.05, 3.63) is 30.1 Å². The fraction of sp³-hybridized carbons (Fsp3) is 0.462. The van der Waals surface area contributed by atoms with Crippen LogP contribution in [0.3, 0.4) is 0 Å². The second-order valence-electron chi connectivity index (χ2n) is 5.42. The summed E-state index contributed by atoms with van der Waals surface area (Å²) in [6, 6.07) is 4.35. The SMILES string of the molecule is CS(=O)(=O)N(CC(=O)NC1CCS(=O)(=O)C1)c1cccc(F)c1. The van der Waals surface area contributed by atoms with E-state index in [1.165, 1.54) is 12.1 Å². The molecule has 0 saturated carbocycles. The normalized spacial score (nSPS) is 20.2. The van der Waals surface area contributed by atoms with Crippen LogP contribution in [0.4, 0.5) is 10.1 Å². The van der Waals surface area contributed by atoms with Gasteiger partial charge in [0.15, 0.2) is 9.84 Å². The number of carbonyl (C=O) groups excluding carboxylic acids is 1. The molecule has 1 N–H and O–H groups in total. The molecule has 1 saturated heterocycles. The number of benzene rings is 1. The van der Waals surface area contributed by atoms with Crippen LogP contribution < -0.4 is 9.62 Å². The molecule has 1 atom stereocenters. The molecular formula is C13H17FN2O5S2. The Morgan fingerprint density at radius 2 is 2.13 bits per heavy atom. The average Bonchev–Trinajstić information content (AvgIpc) is 2.74. The van der Waals surface area contributed by atoms with Crippen molar-refractivity contribution in [2.45, 2.75) is 12.5 Å². The van der Waals surface area contributed by atoms with Crippen molar-refractivity contribution in [1.29, 1.82) is 0 Å². The van der Waals surface area contributed by atoms with Crippen molar-refractivity contribution in [1.82, 2.24) is 5.32 Å². The van der Waals surface area contributed by atoms with Gasteiger partial charge in [-0.2, -0.15) is 0 Å². The highest BCUT2D eigenvalue weighted by Crippen LogP contribution is 2.18. The maximum Gasteiger partial charge on any atom is 0.241 e. The molecule has 1 unspecified atom stereocenters. The Hall–Kier alpha value is -1.68. The molecule has 1 amide bonds. The predicted octanol–water partition coefficient (Wildman–Crippen LogP) is -0.105. The first-order valence-electron chi connectivity index (χ1n) is 6.80. The van der Waals surface area contributed by atoms with Crippen LogP contribution in [-0.4, -0.2) is 53.1 Å². The molecule has 1 aliphatic heterocycles. The highest BCUT2D eigenvalue weighted by atomic mass is 32.2. The number of rotatable bonds is 5. The van der Waals surface area contributed by atoms with E-state index in [4.69, 9.17) is 0 Å². The Morgan fingerprint density at radius 3 is 2.65 bits per heavy atom. The number of amides is 1. The van der Waals surface area contributed by atoms with Crippen LogP contribution in [0.5, 0.6) is 0 Å². The van der Waals surface area contributed by atoms with E-state index in [1.54, 1.807) is 0 Å². The zero-order valence-electron chi connectivity index (χ0n) is 12.4. The van der Waals surface area contributed by atoms with E-state index in [1.807, 2.05) is 0 Å². The van der Waals surface area contributed by atoms with E-state index < -0.39 is 44.2 Å². The lowest BCUT2D eigenvalue weighted by Crippen LogP contribution is -2.44. The number of sulfonamides is 1. The minimum atomic E-state index is -3.80. The molecule has 0 aliphatic carbocycles. The number of nitrogens with zero attached hydrogens (tertiary/aromatic N) is 1. The standard InChI is InChI=1S/C13H17FN2O5S2/c1-22(18,19)16(12-4-2-3-10(14)7-12)8-13(17)15-11-5-6-23(20,21)9-11/h2-4,7,11H,5-6,8-9H2,1H3,(H,15,17). The molecule has 1 aliphatic rings. The first-order valence-corrected chi connectivity index (χ1v) is 10.5. The van der Waals surface area contributed by atoms with Crippen molar-refractivity contribution in [2.75, 3.05) is 28.6 Å². The van der Waals surface area contributed by atoms with Crippen LogP contribution >= 0.6 is 0 Å². The van der Waals surface area contributed by atoms with Gasteiger partial charge in [0.05, 0.1) is 23.4 Å². The molecule has 0 aromatic heterocycles. The van der Waals surface area contributed by atoms with Crippen LogP contribution in [0.2, 0.25) is 0 Å². The lowest BCUT2D eigenvalue weighted by Gasteiger charge is -2.22.